The lowest BCUT2D eigenvalue weighted by atomic mass is 10.1. The Hall–Kier alpha value is -2.34. The van der Waals surface area contributed by atoms with Gasteiger partial charge < -0.3 is 15.0 Å². The van der Waals surface area contributed by atoms with Crippen LogP contribution in [0, 0.1) is 0 Å². The summed E-state index contributed by atoms with van der Waals surface area (Å²) in [4.78, 5) is 27.3. The Morgan fingerprint density at radius 3 is 2.13 bits per heavy atom. The minimum Gasteiger partial charge on any atom is -0.484 e. The fraction of sp³-hybridized carbons (Fsp3) is 0.417. The van der Waals surface area contributed by atoms with E-state index in [2.05, 4.69) is 28.2 Å². The molecule has 2 rings (SSSR count). The van der Waals surface area contributed by atoms with Crippen LogP contribution in [-0.4, -0.2) is 34.9 Å². The van der Waals surface area contributed by atoms with Crippen LogP contribution in [0.5, 0.6) is 5.75 Å². The molecule has 0 fully saturated rings. The number of rotatable bonds is 8. The standard InChI is InChI=1S/C24H31BrN2O3/c1-6-18-9-13-21(14-10-18)30-16-22(28)27(15-19-7-11-20(25)12-8-19)17(2)23(29)26-24(3,4)5/h7-14,17H,6,15-16H2,1-5H3,(H,26,29)/t17-/m1/s1. The van der Waals surface area contributed by atoms with E-state index in [9.17, 15) is 9.59 Å². The third-order valence-electron chi connectivity index (χ3n) is 4.63. The van der Waals surface area contributed by atoms with Crippen molar-refractivity contribution in [3.63, 3.8) is 0 Å². The van der Waals surface area contributed by atoms with Crippen molar-refractivity contribution in [2.45, 2.75) is 59.2 Å². The van der Waals surface area contributed by atoms with E-state index >= 15 is 0 Å². The van der Waals surface area contributed by atoms with E-state index in [-0.39, 0.29) is 24.0 Å². The third-order valence-corrected chi connectivity index (χ3v) is 5.15. The molecule has 1 atom stereocenters. The number of benzene rings is 2. The summed E-state index contributed by atoms with van der Waals surface area (Å²) in [7, 11) is 0. The first kappa shape index (κ1) is 23.9. The molecule has 0 radical (unpaired) electrons. The summed E-state index contributed by atoms with van der Waals surface area (Å²) in [6, 6.07) is 14.8. The summed E-state index contributed by atoms with van der Waals surface area (Å²) in [6.07, 6.45) is 0.945. The Bertz CT molecular complexity index is 842. The van der Waals surface area contributed by atoms with Crippen molar-refractivity contribution in [1.82, 2.24) is 10.2 Å². The maximum atomic E-state index is 13.0. The van der Waals surface area contributed by atoms with Crippen LogP contribution in [0.1, 0.15) is 45.7 Å². The number of amides is 2. The Morgan fingerprint density at radius 1 is 1.03 bits per heavy atom. The van der Waals surface area contributed by atoms with Crippen LogP contribution in [0.4, 0.5) is 0 Å². The van der Waals surface area contributed by atoms with Gasteiger partial charge in [-0.2, -0.15) is 0 Å². The van der Waals surface area contributed by atoms with E-state index in [1.807, 2.05) is 69.3 Å². The van der Waals surface area contributed by atoms with E-state index < -0.39 is 6.04 Å². The fourth-order valence-corrected chi connectivity index (χ4v) is 3.16. The van der Waals surface area contributed by atoms with E-state index in [1.54, 1.807) is 11.8 Å². The molecule has 5 nitrogen and oxygen atoms in total. The van der Waals surface area contributed by atoms with Gasteiger partial charge in [0, 0.05) is 16.6 Å². The van der Waals surface area contributed by atoms with Crippen molar-refractivity contribution in [2.75, 3.05) is 6.61 Å². The topological polar surface area (TPSA) is 58.6 Å². The Labute approximate surface area is 187 Å². The first-order valence-corrected chi connectivity index (χ1v) is 11.0. The molecular formula is C24H31BrN2O3. The molecule has 0 aliphatic heterocycles. The van der Waals surface area contributed by atoms with Gasteiger partial charge in [0.15, 0.2) is 6.61 Å². The maximum Gasteiger partial charge on any atom is 0.261 e. The van der Waals surface area contributed by atoms with Crippen LogP contribution < -0.4 is 10.1 Å². The van der Waals surface area contributed by atoms with E-state index in [4.69, 9.17) is 4.74 Å². The van der Waals surface area contributed by atoms with Crippen LogP contribution >= 0.6 is 15.9 Å². The van der Waals surface area contributed by atoms with Crippen molar-refractivity contribution in [2.24, 2.45) is 0 Å². The molecule has 1 N–H and O–H groups in total. The van der Waals surface area contributed by atoms with Gasteiger partial charge in [-0.05, 0) is 69.5 Å². The van der Waals surface area contributed by atoms with Gasteiger partial charge in [0.2, 0.25) is 5.91 Å². The van der Waals surface area contributed by atoms with Gasteiger partial charge in [0.1, 0.15) is 11.8 Å². The van der Waals surface area contributed by atoms with Crippen LogP contribution in [0.2, 0.25) is 0 Å². The van der Waals surface area contributed by atoms with Crippen molar-refractivity contribution in [1.29, 1.82) is 0 Å². The average molecular weight is 475 g/mol. The predicted molar refractivity (Wildman–Crippen MR) is 123 cm³/mol. The van der Waals surface area contributed by atoms with Gasteiger partial charge in [-0.3, -0.25) is 9.59 Å². The van der Waals surface area contributed by atoms with E-state index in [0.29, 0.717) is 12.3 Å². The molecule has 0 heterocycles. The van der Waals surface area contributed by atoms with Gasteiger partial charge in [-0.15, -0.1) is 0 Å². The lowest BCUT2D eigenvalue weighted by Gasteiger charge is -2.31. The zero-order valence-electron chi connectivity index (χ0n) is 18.4. The molecule has 30 heavy (non-hydrogen) atoms. The molecule has 2 aromatic rings. The molecule has 2 amide bonds. The highest BCUT2D eigenvalue weighted by molar-refractivity contribution is 9.10. The first-order chi connectivity index (χ1) is 14.1. The van der Waals surface area contributed by atoms with Crippen molar-refractivity contribution in [3.8, 4) is 5.75 Å². The second-order valence-electron chi connectivity index (χ2n) is 8.35. The SMILES string of the molecule is CCc1ccc(OCC(=O)N(Cc2ccc(Br)cc2)[C@H](C)C(=O)NC(C)(C)C)cc1. The first-order valence-electron chi connectivity index (χ1n) is 10.2. The highest BCUT2D eigenvalue weighted by Crippen LogP contribution is 2.16. The molecule has 0 bridgehead atoms. The zero-order valence-corrected chi connectivity index (χ0v) is 20.0. The number of hydrogen-bond acceptors (Lipinski definition) is 3. The molecule has 6 heteroatoms. The number of carbonyl (C=O) groups is 2. The van der Waals surface area contributed by atoms with Gasteiger partial charge in [0.05, 0.1) is 0 Å². The van der Waals surface area contributed by atoms with E-state index in [1.165, 1.54) is 5.56 Å². The third kappa shape index (κ3) is 7.48. The van der Waals surface area contributed by atoms with Gasteiger partial charge in [-0.1, -0.05) is 47.1 Å². The number of nitrogens with zero attached hydrogens (tertiary/aromatic N) is 1. The number of nitrogens with one attached hydrogen (secondary N) is 1. The Kier molecular flexibility index (Phi) is 8.47. The summed E-state index contributed by atoms with van der Waals surface area (Å²) in [5, 5.41) is 2.95. The quantitative estimate of drug-likeness (QED) is 0.601. The molecule has 0 saturated carbocycles. The molecule has 162 valence electrons. The minimum absolute atomic E-state index is 0.130. The molecule has 0 aromatic heterocycles. The Morgan fingerprint density at radius 2 is 1.60 bits per heavy atom. The van der Waals surface area contributed by atoms with Gasteiger partial charge in [0.25, 0.3) is 5.91 Å². The van der Waals surface area contributed by atoms with Gasteiger partial charge >= 0.3 is 0 Å². The smallest absolute Gasteiger partial charge is 0.261 e. The largest absolute Gasteiger partial charge is 0.484 e. The molecular weight excluding hydrogens is 444 g/mol. The number of ether oxygens (including phenoxy) is 1. The lowest BCUT2D eigenvalue weighted by Crippen LogP contribution is -2.53. The van der Waals surface area contributed by atoms with Crippen molar-refractivity contribution < 1.29 is 14.3 Å². The molecule has 0 saturated heterocycles. The van der Waals surface area contributed by atoms with Crippen molar-refractivity contribution in [3.05, 3.63) is 64.1 Å². The number of carbonyl (C=O) groups excluding carboxylic acids is 2. The highest BCUT2D eigenvalue weighted by atomic mass is 79.9. The Balaban J connectivity index is 2.14. The highest BCUT2D eigenvalue weighted by Gasteiger charge is 2.28. The van der Waals surface area contributed by atoms with Crippen molar-refractivity contribution >= 4 is 27.7 Å². The summed E-state index contributed by atoms with van der Waals surface area (Å²) in [5.41, 5.74) is 1.77. The predicted octanol–water partition coefficient (Wildman–Crippen LogP) is 4.72. The lowest BCUT2D eigenvalue weighted by molar-refractivity contribution is -0.142. The second kappa shape index (κ2) is 10.6. The molecule has 0 aliphatic rings. The van der Waals surface area contributed by atoms with Crippen LogP contribution in [0.15, 0.2) is 53.0 Å². The summed E-state index contributed by atoms with van der Waals surface area (Å²) in [5.74, 6) is 0.199. The zero-order chi connectivity index (χ0) is 22.3. The number of halogens is 1. The number of hydrogen-bond donors (Lipinski definition) is 1. The summed E-state index contributed by atoms with van der Waals surface area (Å²) >= 11 is 3.42. The molecule has 2 aromatic carbocycles. The van der Waals surface area contributed by atoms with Crippen LogP contribution in [-0.2, 0) is 22.6 Å². The summed E-state index contributed by atoms with van der Waals surface area (Å²) < 4.78 is 6.67. The van der Waals surface area contributed by atoms with Crippen LogP contribution in [0.25, 0.3) is 0 Å². The fourth-order valence-electron chi connectivity index (χ4n) is 2.89. The molecule has 0 spiro atoms. The second-order valence-corrected chi connectivity index (χ2v) is 9.27. The monoisotopic (exact) mass is 474 g/mol. The summed E-state index contributed by atoms with van der Waals surface area (Å²) in [6.45, 7) is 9.78. The normalized spacial score (nSPS) is 12.2. The average Bonchev–Trinajstić information content (AvgIpc) is 2.70. The van der Waals surface area contributed by atoms with E-state index in [0.717, 1.165) is 16.5 Å². The maximum absolute atomic E-state index is 13.0. The number of aryl methyl sites for hydroxylation is 1. The van der Waals surface area contributed by atoms with Crippen LogP contribution in [0.3, 0.4) is 0 Å². The molecule has 0 unspecified atom stereocenters. The van der Waals surface area contributed by atoms with Gasteiger partial charge in [-0.25, -0.2) is 0 Å². The minimum atomic E-state index is -0.633. The molecule has 0 aliphatic carbocycles.